The molecule has 0 amide bonds. The number of nitrogens with zero attached hydrogens (tertiary/aromatic N) is 2. The first-order valence-electron chi connectivity index (χ1n) is 8.46. The van der Waals surface area contributed by atoms with E-state index < -0.39 is 0 Å². The number of nitrogens with one attached hydrogen (secondary N) is 1. The Bertz CT molecular complexity index is 1350. The lowest BCUT2D eigenvalue weighted by molar-refractivity contribution is 1.02. The van der Waals surface area contributed by atoms with E-state index in [4.69, 9.17) is 5.73 Å². The van der Waals surface area contributed by atoms with Gasteiger partial charge in [-0.3, -0.25) is 0 Å². The maximum Gasteiger partial charge on any atom is 0.347 e. The molecule has 2 heterocycles. The fourth-order valence-electron chi connectivity index (χ4n) is 3.56. The summed E-state index contributed by atoms with van der Waals surface area (Å²) in [6.45, 7) is 0.475. The van der Waals surface area contributed by atoms with E-state index in [1.807, 2.05) is 36.5 Å². The van der Waals surface area contributed by atoms with Gasteiger partial charge in [-0.1, -0.05) is 42.5 Å². The normalized spacial score (nSPS) is 11.6. The molecule has 5 heteroatoms. The van der Waals surface area contributed by atoms with Crippen molar-refractivity contribution >= 4 is 27.2 Å². The SMILES string of the molecule is NCc1cccc(-c2cn3c(=O)[nH]nc3c3cc4ccccc4cc23)c1. The number of rotatable bonds is 2. The van der Waals surface area contributed by atoms with Crippen molar-refractivity contribution in [3.05, 3.63) is 82.9 Å². The Labute approximate surface area is 148 Å². The third kappa shape index (κ3) is 2.14. The zero-order valence-electron chi connectivity index (χ0n) is 13.9. The lowest BCUT2D eigenvalue weighted by Crippen LogP contribution is -2.09. The smallest absolute Gasteiger partial charge is 0.326 e. The minimum atomic E-state index is -0.244. The minimum absolute atomic E-state index is 0.244. The van der Waals surface area contributed by atoms with E-state index in [9.17, 15) is 4.79 Å². The fourth-order valence-corrected chi connectivity index (χ4v) is 3.56. The van der Waals surface area contributed by atoms with Crippen LogP contribution in [0, 0.1) is 0 Å². The van der Waals surface area contributed by atoms with Crippen molar-refractivity contribution in [3.63, 3.8) is 0 Å². The number of nitrogens with two attached hydrogens (primary N) is 1. The molecule has 0 bridgehead atoms. The summed E-state index contributed by atoms with van der Waals surface area (Å²) >= 11 is 0. The van der Waals surface area contributed by atoms with Crippen molar-refractivity contribution in [2.75, 3.05) is 0 Å². The van der Waals surface area contributed by atoms with Crippen LogP contribution in [-0.4, -0.2) is 14.6 Å². The summed E-state index contributed by atoms with van der Waals surface area (Å²) in [5.41, 5.74) is 9.27. The monoisotopic (exact) mass is 340 g/mol. The van der Waals surface area contributed by atoms with Gasteiger partial charge in [0.25, 0.3) is 0 Å². The van der Waals surface area contributed by atoms with Crippen LogP contribution in [0.15, 0.2) is 71.7 Å². The predicted molar refractivity (Wildman–Crippen MR) is 104 cm³/mol. The van der Waals surface area contributed by atoms with Crippen LogP contribution in [0.1, 0.15) is 5.56 Å². The van der Waals surface area contributed by atoms with Crippen molar-refractivity contribution in [2.24, 2.45) is 5.73 Å². The Morgan fingerprint density at radius 1 is 0.962 bits per heavy atom. The number of H-pyrrole nitrogens is 1. The summed E-state index contributed by atoms with van der Waals surface area (Å²) in [6.07, 6.45) is 1.86. The van der Waals surface area contributed by atoms with Gasteiger partial charge < -0.3 is 5.73 Å². The van der Waals surface area contributed by atoms with Crippen LogP contribution >= 0.6 is 0 Å². The van der Waals surface area contributed by atoms with Gasteiger partial charge in [0.2, 0.25) is 0 Å². The number of aromatic nitrogens is 3. The van der Waals surface area contributed by atoms with Crippen LogP contribution in [0.25, 0.3) is 38.3 Å². The van der Waals surface area contributed by atoms with Crippen LogP contribution in [0.4, 0.5) is 0 Å². The molecule has 5 nitrogen and oxygen atoms in total. The zero-order chi connectivity index (χ0) is 17.7. The van der Waals surface area contributed by atoms with Crippen LogP contribution in [0.3, 0.4) is 0 Å². The minimum Gasteiger partial charge on any atom is -0.326 e. The van der Waals surface area contributed by atoms with Gasteiger partial charge in [0.05, 0.1) is 0 Å². The summed E-state index contributed by atoms with van der Waals surface area (Å²) < 4.78 is 1.57. The third-order valence-electron chi connectivity index (χ3n) is 4.85. The number of pyridine rings is 1. The van der Waals surface area contributed by atoms with Crippen molar-refractivity contribution in [1.29, 1.82) is 0 Å². The van der Waals surface area contributed by atoms with Gasteiger partial charge in [0, 0.05) is 23.7 Å². The molecule has 3 aromatic carbocycles. The first kappa shape index (κ1) is 14.9. The van der Waals surface area contributed by atoms with Crippen molar-refractivity contribution in [2.45, 2.75) is 6.54 Å². The summed E-state index contributed by atoms with van der Waals surface area (Å²) in [7, 11) is 0. The first-order chi connectivity index (χ1) is 12.7. The lowest BCUT2D eigenvalue weighted by Gasteiger charge is -2.11. The second-order valence-electron chi connectivity index (χ2n) is 6.41. The zero-order valence-corrected chi connectivity index (χ0v) is 13.9. The van der Waals surface area contributed by atoms with Crippen molar-refractivity contribution < 1.29 is 0 Å². The molecule has 2 aromatic heterocycles. The molecule has 0 saturated carbocycles. The van der Waals surface area contributed by atoms with Gasteiger partial charge in [0.15, 0.2) is 5.65 Å². The topological polar surface area (TPSA) is 76.2 Å². The van der Waals surface area contributed by atoms with Gasteiger partial charge in [-0.15, -0.1) is 0 Å². The van der Waals surface area contributed by atoms with E-state index in [2.05, 4.69) is 40.5 Å². The van der Waals surface area contributed by atoms with Crippen LogP contribution in [0.5, 0.6) is 0 Å². The fraction of sp³-hybridized carbons (Fsp3) is 0.0476. The third-order valence-corrected chi connectivity index (χ3v) is 4.85. The summed E-state index contributed by atoms with van der Waals surface area (Å²) in [6, 6.07) is 20.6. The Kier molecular flexibility index (Phi) is 3.17. The number of aromatic amines is 1. The highest BCUT2D eigenvalue weighted by Gasteiger charge is 2.13. The highest BCUT2D eigenvalue weighted by Crippen LogP contribution is 2.33. The number of hydrogen-bond acceptors (Lipinski definition) is 3. The predicted octanol–water partition coefficient (Wildman–Crippen LogP) is 3.45. The molecule has 5 aromatic rings. The van der Waals surface area contributed by atoms with E-state index in [0.29, 0.717) is 12.2 Å². The lowest BCUT2D eigenvalue weighted by atomic mass is 9.96. The summed E-state index contributed by atoms with van der Waals surface area (Å²) in [5.74, 6) is 0. The van der Waals surface area contributed by atoms with E-state index in [0.717, 1.165) is 38.2 Å². The molecule has 0 atom stereocenters. The maximum absolute atomic E-state index is 12.2. The average Bonchev–Trinajstić information content (AvgIpc) is 3.07. The molecule has 0 aliphatic heterocycles. The van der Waals surface area contributed by atoms with Crippen LogP contribution < -0.4 is 11.4 Å². The van der Waals surface area contributed by atoms with Gasteiger partial charge in [0.1, 0.15) is 0 Å². The molecule has 0 saturated heterocycles. The number of benzene rings is 3. The molecule has 0 aliphatic rings. The molecule has 3 N–H and O–H groups in total. The highest BCUT2D eigenvalue weighted by atomic mass is 16.1. The molecule has 0 radical (unpaired) electrons. The average molecular weight is 340 g/mol. The molecule has 126 valence electrons. The second kappa shape index (κ2) is 5.54. The largest absolute Gasteiger partial charge is 0.347 e. The maximum atomic E-state index is 12.2. The quantitative estimate of drug-likeness (QED) is 0.483. The first-order valence-corrected chi connectivity index (χ1v) is 8.46. The number of fused-ring (bicyclic) bond motifs is 4. The highest BCUT2D eigenvalue weighted by molar-refractivity contribution is 6.09. The number of hydrogen-bond donors (Lipinski definition) is 2. The molecule has 0 spiro atoms. The molecule has 26 heavy (non-hydrogen) atoms. The second-order valence-corrected chi connectivity index (χ2v) is 6.41. The molecule has 5 rings (SSSR count). The van der Waals surface area contributed by atoms with Crippen LogP contribution in [0.2, 0.25) is 0 Å². The molecular weight excluding hydrogens is 324 g/mol. The summed E-state index contributed by atoms with van der Waals surface area (Å²) in [4.78, 5) is 12.2. The summed E-state index contributed by atoms with van der Waals surface area (Å²) in [5, 5.41) is 11.1. The van der Waals surface area contributed by atoms with Gasteiger partial charge in [-0.25, -0.2) is 14.3 Å². The van der Waals surface area contributed by atoms with Crippen molar-refractivity contribution in [3.8, 4) is 11.1 Å². The Hall–Kier alpha value is -3.44. The van der Waals surface area contributed by atoms with Crippen molar-refractivity contribution in [1.82, 2.24) is 14.6 Å². The van der Waals surface area contributed by atoms with Gasteiger partial charge >= 0.3 is 5.69 Å². The Morgan fingerprint density at radius 2 is 1.73 bits per heavy atom. The van der Waals surface area contributed by atoms with Crippen LogP contribution in [-0.2, 0) is 6.54 Å². The van der Waals surface area contributed by atoms with E-state index in [-0.39, 0.29) is 5.69 Å². The van der Waals surface area contributed by atoms with Gasteiger partial charge in [-0.2, -0.15) is 5.10 Å². The standard InChI is InChI=1S/C21H16N4O/c22-11-13-4-3-7-16(8-13)19-12-25-20(23-24-21(25)26)18-10-15-6-2-1-5-14(15)9-17(18)19/h1-10,12H,11,22H2,(H,24,26). The van der Waals surface area contributed by atoms with E-state index in [1.54, 1.807) is 4.40 Å². The molecule has 0 fully saturated rings. The molecule has 0 aliphatic carbocycles. The van der Waals surface area contributed by atoms with E-state index in [1.165, 1.54) is 0 Å². The molecular formula is C21H16N4O. The Morgan fingerprint density at radius 3 is 2.50 bits per heavy atom. The van der Waals surface area contributed by atoms with Gasteiger partial charge in [-0.05, 0) is 45.5 Å². The van der Waals surface area contributed by atoms with E-state index >= 15 is 0 Å². The molecule has 0 unspecified atom stereocenters. The Balaban J connectivity index is 1.98.